The fourth-order valence-corrected chi connectivity index (χ4v) is 6.43. The fraction of sp³-hybridized carbons (Fsp3) is 0.290. The molecule has 1 aliphatic rings. The Morgan fingerprint density at radius 2 is 1.76 bits per heavy atom. The van der Waals surface area contributed by atoms with E-state index in [1.165, 1.54) is 18.4 Å². The van der Waals surface area contributed by atoms with Crippen LogP contribution in [0.4, 0.5) is 5.69 Å². The van der Waals surface area contributed by atoms with Crippen molar-refractivity contribution in [3.8, 4) is 21.9 Å². The lowest BCUT2D eigenvalue weighted by Gasteiger charge is -2.18. The van der Waals surface area contributed by atoms with E-state index in [0.29, 0.717) is 12.1 Å². The number of amides is 1. The summed E-state index contributed by atoms with van der Waals surface area (Å²) >= 11 is 1.61. The largest absolute Gasteiger partial charge is 0.508 e. The number of aromatic hydroxyl groups is 1. The Balaban J connectivity index is 0.00000242. The number of halogens is 2. The molecule has 0 saturated carbocycles. The summed E-state index contributed by atoms with van der Waals surface area (Å²) in [6, 6.07) is 18.1. The number of aliphatic carboxylic acids is 1. The molecule has 0 radical (unpaired) electrons. The number of hydrogen-bond donors (Lipinski definition) is 4. The summed E-state index contributed by atoms with van der Waals surface area (Å²) in [7, 11) is 1.72. The quantitative estimate of drug-likeness (QED) is 0.168. The second-order valence-electron chi connectivity index (χ2n) is 10.2. The zero-order chi connectivity index (χ0) is 28.2. The summed E-state index contributed by atoms with van der Waals surface area (Å²) in [5.41, 5.74) is 10.5. The Morgan fingerprint density at radius 3 is 2.43 bits per heavy atom. The first-order chi connectivity index (χ1) is 19.3. The molecule has 3 aromatic carbocycles. The van der Waals surface area contributed by atoms with Gasteiger partial charge in [-0.2, -0.15) is 0 Å². The molecule has 0 aliphatic carbocycles. The Bertz CT molecular complexity index is 1540. The van der Waals surface area contributed by atoms with E-state index in [1.807, 2.05) is 18.2 Å². The van der Waals surface area contributed by atoms with Crippen LogP contribution in [0.1, 0.15) is 36.0 Å². The van der Waals surface area contributed by atoms with E-state index in [9.17, 15) is 14.7 Å². The van der Waals surface area contributed by atoms with Crippen molar-refractivity contribution >= 4 is 63.8 Å². The van der Waals surface area contributed by atoms with Gasteiger partial charge in [-0.15, -0.1) is 36.2 Å². The standard InChI is InChI=1S/C31H33N3O5S.2ClH/c1-39-27-15-19(4-5-21(27)18-34-12-2-3-13-34)14-25-24-11-10-23(35)16-28(24)40-30(25)20-6-8-22(9-7-20)33-29(36)17-26(32)31(37)38;;/h4-11,15-16,26,35H,2-3,12-14,17-18,32H2,1H3,(H,33,36)(H,37,38);2*1H. The van der Waals surface area contributed by atoms with E-state index in [0.717, 1.165) is 57.0 Å². The molecule has 1 fully saturated rings. The van der Waals surface area contributed by atoms with E-state index in [4.69, 9.17) is 15.6 Å². The second kappa shape index (κ2) is 14.7. The van der Waals surface area contributed by atoms with Crippen molar-refractivity contribution in [2.45, 2.75) is 38.3 Å². The Kier molecular flexibility index (Phi) is 11.6. The molecule has 1 saturated heterocycles. The summed E-state index contributed by atoms with van der Waals surface area (Å²) in [6.07, 6.45) is 2.87. The number of rotatable bonds is 10. The van der Waals surface area contributed by atoms with Crippen molar-refractivity contribution < 1.29 is 24.5 Å². The van der Waals surface area contributed by atoms with Crippen LogP contribution in [0, 0.1) is 0 Å². The normalized spacial score (nSPS) is 13.7. The number of nitrogens with one attached hydrogen (secondary N) is 1. The molecule has 42 heavy (non-hydrogen) atoms. The number of carbonyl (C=O) groups excluding carboxylic acids is 1. The van der Waals surface area contributed by atoms with Crippen LogP contribution in [0.25, 0.3) is 20.5 Å². The summed E-state index contributed by atoms with van der Waals surface area (Å²) in [5.74, 6) is -0.557. The number of thiophene rings is 1. The molecular weight excluding hydrogens is 597 g/mol. The molecule has 2 heterocycles. The number of hydrogen-bond acceptors (Lipinski definition) is 7. The van der Waals surface area contributed by atoms with Crippen molar-refractivity contribution in [2.24, 2.45) is 5.73 Å². The van der Waals surface area contributed by atoms with Gasteiger partial charge < -0.3 is 26.0 Å². The molecule has 5 N–H and O–H groups in total. The molecule has 1 aliphatic heterocycles. The number of benzene rings is 3. The zero-order valence-electron chi connectivity index (χ0n) is 23.2. The number of ether oxygens (including phenoxy) is 1. The van der Waals surface area contributed by atoms with Gasteiger partial charge in [-0.25, -0.2) is 0 Å². The van der Waals surface area contributed by atoms with Gasteiger partial charge in [0.05, 0.1) is 13.5 Å². The van der Waals surface area contributed by atoms with E-state index >= 15 is 0 Å². The van der Waals surface area contributed by atoms with Gasteiger partial charge in [0.15, 0.2) is 0 Å². The minimum atomic E-state index is -1.25. The molecule has 5 rings (SSSR count). The zero-order valence-corrected chi connectivity index (χ0v) is 25.6. The lowest BCUT2D eigenvalue weighted by molar-refractivity contribution is -0.140. The first kappa shape index (κ1) is 33.2. The first-order valence-corrected chi connectivity index (χ1v) is 14.1. The maximum atomic E-state index is 12.2. The minimum absolute atomic E-state index is 0. The van der Waals surface area contributed by atoms with Crippen LogP contribution in [-0.2, 0) is 22.6 Å². The van der Waals surface area contributed by atoms with Crippen molar-refractivity contribution in [3.05, 3.63) is 77.4 Å². The Morgan fingerprint density at radius 1 is 1.05 bits per heavy atom. The highest BCUT2D eigenvalue weighted by Crippen LogP contribution is 2.41. The molecule has 224 valence electrons. The summed E-state index contributed by atoms with van der Waals surface area (Å²) in [4.78, 5) is 26.6. The van der Waals surface area contributed by atoms with Gasteiger partial charge in [-0.05, 0) is 90.8 Å². The first-order valence-electron chi connectivity index (χ1n) is 13.3. The van der Waals surface area contributed by atoms with Crippen molar-refractivity contribution in [2.75, 3.05) is 25.5 Å². The fourth-order valence-electron chi connectivity index (χ4n) is 5.17. The number of fused-ring (bicyclic) bond motifs is 1. The van der Waals surface area contributed by atoms with E-state index in [-0.39, 0.29) is 37.0 Å². The van der Waals surface area contributed by atoms with Crippen LogP contribution in [0.2, 0.25) is 0 Å². The number of carbonyl (C=O) groups is 2. The highest BCUT2D eigenvalue weighted by Gasteiger charge is 2.19. The third kappa shape index (κ3) is 7.73. The van der Waals surface area contributed by atoms with Crippen molar-refractivity contribution in [3.63, 3.8) is 0 Å². The molecule has 1 unspecified atom stereocenters. The number of nitrogens with zero attached hydrogens (tertiary/aromatic N) is 1. The van der Waals surface area contributed by atoms with Crippen LogP contribution in [-0.4, -0.2) is 53.2 Å². The van der Waals surface area contributed by atoms with Crippen molar-refractivity contribution in [1.82, 2.24) is 4.90 Å². The van der Waals surface area contributed by atoms with Crippen LogP contribution < -0.4 is 15.8 Å². The smallest absolute Gasteiger partial charge is 0.321 e. The molecule has 11 heteroatoms. The topological polar surface area (TPSA) is 125 Å². The highest BCUT2D eigenvalue weighted by atomic mass is 35.5. The number of carboxylic acid groups (broad SMARTS) is 1. The maximum Gasteiger partial charge on any atom is 0.321 e. The lowest BCUT2D eigenvalue weighted by Crippen LogP contribution is -2.34. The van der Waals surface area contributed by atoms with Gasteiger partial charge in [-0.3, -0.25) is 14.5 Å². The summed E-state index contributed by atoms with van der Waals surface area (Å²) in [5, 5.41) is 22.9. The van der Waals surface area contributed by atoms with E-state index < -0.39 is 17.9 Å². The SMILES string of the molecule is COc1cc(Cc2c(-c3ccc(NC(=O)CC(N)C(=O)O)cc3)sc3cc(O)ccc23)ccc1CN1CCCC1.Cl.Cl. The van der Waals surface area contributed by atoms with Crippen molar-refractivity contribution in [1.29, 1.82) is 0 Å². The Hall–Kier alpha value is -3.34. The summed E-state index contributed by atoms with van der Waals surface area (Å²) < 4.78 is 6.77. The average molecular weight is 633 g/mol. The number of anilines is 1. The average Bonchev–Trinajstić information content (AvgIpc) is 3.57. The van der Waals surface area contributed by atoms with Crippen LogP contribution in [0.15, 0.2) is 60.7 Å². The monoisotopic (exact) mass is 631 g/mol. The summed E-state index contributed by atoms with van der Waals surface area (Å²) in [6.45, 7) is 3.14. The van der Waals surface area contributed by atoms with E-state index in [1.54, 1.807) is 42.7 Å². The van der Waals surface area contributed by atoms with Crippen LogP contribution in [0.5, 0.6) is 11.5 Å². The molecule has 0 spiro atoms. The van der Waals surface area contributed by atoms with Gasteiger partial charge >= 0.3 is 5.97 Å². The third-order valence-corrected chi connectivity index (χ3v) is 8.50. The van der Waals surface area contributed by atoms with Gasteiger partial charge in [-0.1, -0.05) is 24.3 Å². The van der Waals surface area contributed by atoms with E-state index in [2.05, 4.69) is 28.4 Å². The second-order valence-corrected chi connectivity index (χ2v) is 11.2. The van der Waals surface area contributed by atoms with Gasteiger partial charge in [0.2, 0.25) is 5.91 Å². The number of phenols is 1. The molecule has 1 aromatic heterocycles. The van der Waals surface area contributed by atoms with Gasteiger partial charge in [0.25, 0.3) is 0 Å². The third-order valence-electron chi connectivity index (χ3n) is 7.25. The van der Waals surface area contributed by atoms with Gasteiger partial charge in [0.1, 0.15) is 17.5 Å². The number of phenolic OH excluding ortho intramolecular Hbond substituents is 1. The molecule has 0 bridgehead atoms. The Labute approximate surface area is 261 Å². The van der Waals surface area contributed by atoms with Gasteiger partial charge in [0, 0.05) is 27.4 Å². The molecular formula is C31H35Cl2N3O5S. The molecule has 1 atom stereocenters. The molecule has 8 nitrogen and oxygen atoms in total. The number of methoxy groups -OCH3 is 1. The number of carboxylic acids is 1. The van der Waals surface area contributed by atoms with Crippen LogP contribution >= 0.6 is 36.2 Å². The maximum absolute atomic E-state index is 12.2. The molecule has 4 aromatic rings. The lowest BCUT2D eigenvalue weighted by atomic mass is 9.97. The molecule has 1 amide bonds. The predicted molar refractivity (Wildman–Crippen MR) is 173 cm³/mol. The van der Waals surface area contributed by atoms with Crippen LogP contribution in [0.3, 0.4) is 0 Å². The highest BCUT2D eigenvalue weighted by molar-refractivity contribution is 7.22. The number of nitrogens with two attached hydrogens (primary N) is 1. The number of likely N-dealkylation sites (tertiary alicyclic amines) is 1. The predicted octanol–water partition coefficient (Wildman–Crippen LogP) is 6.05. The minimum Gasteiger partial charge on any atom is -0.508 e.